The van der Waals surface area contributed by atoms with Gasteiger partial charge in [-0.1, -0.05) is 0 Å². The molecular formula is C10H15N5O. The highest BCUT2D eigenvalue weighted by molar-refractivity contribution is 5.41. The zero-order chi connectivity index (χ0) is 11.5. The van der Waals surface area contributed by atoms with Crippen molar-refractivity contribution in [1.82, 2.24) is 15.2 Å². The van der Waals surface area contributed by atoms with Crippen molar-refractivity contribution in [1.29, 1.82) is 0 Å². The molecule has 6 heteroatoms. The molecule has 0 aliphatic rings. The van der Waals surface area contributed by atoms with Crippen LogP contribution in [0.25, 0.3) is 0 Å². The lowest BCUT2D eigenvalue weighted by Crippen LogP contribution is -2.29. The summed E-state index contributed by atoms with van der Waals surface area (Å²) in [6.07, 6.45) is 3.98. The molecular weight excluding hydrogens is 206 g/mol. The van der Waals surface area contributed by atoms with Gasteiger partial charge in [-0.15, -0.1) is 0 Å². The molecule has 16 heavy (non-hydrogen) atoms. The van der Waals surface area contributed by atoms with Gasteiger partial charge in [0.05, 0.1) is 18.5 Å². The molecule has 1 unspecified atom stereocenters. The SMILES string of the molecule is Cn1ncc(C(Cc2ccco2)NN)c1N. The van der Waals surface area contributed by atoms with E-state index < -0.39 is 0 Å². The van der Waals surface area contributed by atoms with Crippen LogP contribution in [0.4, 0.5) is 5.82 Å². The molecule has 2 heterocycles. The van der Waals surface area contributed by atoms with Crippen LogP contribution in [0.3, 0.4) is 0 Å². The van der Waals surface area contributed by atoms with E-state index in [9.17, 15) is 0 Å². The largest absolute Gasteiger partial charge is 0.469 e. The lowest BCUT2D eigenvalue weighted by molar-refractivity contribution is 0.455. The topological polar surface area (TPSA) is 95.0 Å². The molecule has 5 N–H and O–H groups in total. The predicted octanol–water partition coefficient (Wildman–Crippen LogP) is 0.342. The Balaban J connectivity index is 2.20. The zero-order valence-corrected chi connectivity index (χ0v) is 9.05. The van der Waals surface area contributed by atoms with Crippen LogP contribution in [-0.4, -0.2) is 9.78 Å². The minimum atomic E-state index is -0.0974. The summed E-state index contributed by atoms with van der Waals surface area (Å²) in [6.45, 7) is 0. The van der Waals surface area contributed by atoms with Crippen molar-refractivity contribution in [3.63, 3.8) is 0 Å². The lowest BCUT2D eigenvalue weighted by Gasteiger charge is -2.13. The summed E-state index contributed by atoms with van der Waals surface area (Å²) in [5.74, 6) is 6.97. The molecule has 0 spiro atoms. The van der Waals surface area contributed by atoms with Crippen LogP contribution < -0.4 is 17.0 Å². The van der Waals surface area contributed by atoms with Gasteiger partial charge in [0.15, 0.2) is 0 Å². The van der Waals surface area contributed by atoms with E-state index in [-0.39, 0.29) is 6.04 Å². The van der Waals surface area contributed by atoms with Crippen molar-refractivity contribution < 1.29 is 4.42 Å². The Morgan fingerprint density at radius 3 is 2.94 bits per heavy atom. The lowest BCUT2D eigenvalue weighted by atomic mass is 10.1. The first-order valence-electron chi connectivity index (χ1n) is 4.98. The summed E-state index contributed by atoms with van der Waals surface area (Å²) in [7, 11) is 1.79. The summed E-state index contributed by atoms with van der Waals surface area (Å²) < 4.78 is 6.88. The maximum absolute atomic E-state index is 5.88. The fraction of sp³-hybridized carbons (Fsp3) is 0.300. The monoisotopic (exact) mass is 221 g/mol. The van der Waals surface area contributed by atoms with Gasteiger partial charge in [-0.05, 0) is 12.1 Å². The number of hydrogen-bond donors (Lipinski definition) is 3. The van der Waals surface area contributed by atoms with Crippen molar-refractivity contribution in [3.8, 4) is 0 Å². The Hall–Kier alpha value is -1.79. The first-order valence-corrected chi connectivity index (χ1v) is 4.98. The van der Waals surface area contributed by atoms with Gasteiger partial charge in [0.2, 0.25) is 0 Å². The Bertz CT molecular complexity index is 448. The van der Waals surface area contributed by atoms with Crippen LogP contribution in [0, 0.1) is 0 Å². The van der Waals surface area contributed by atoms with Gasteiger partial charge in [0.1, 0.15) is 11.6 Å². The van der Waals surface area contributed by atoms with Gasteiger partial charge in [0.25, 0.3) is 0 Å². The smallest absolute Gasteiger partial charge is 0.126 e. The van der Waals surface area contributed by atoms with Crippen LogP contribution in [0.15, 0.2) is 29.0 Å². The highest BCUT2D eigenvalue weighted by Crippen LogP contribution is 2.22. The van der Waals surface area contributed by atoms with Crippen molar-refractivity contribution in [3.05, 3.63) is 35.9 Å². The average molecular weight is 221 g/mol. The number of aryl methyl sites for hydroxylation is 1. The number of nitrogens with zero attached hydrogens (tertiary/aromatic N) is 2. The summed E-state index contributed by atoms with van der Waals surface area (Å²) in [4.78, 5) is 0. The van der Waals surface area contributed by atoms with E-state index in [1.165, 1.54) is 0 Å². The molecule has 2 rings (SSSR count). The number of nitrogens with one attached hydrogen (secondary N) is 1. The summed E-state index contributed by atoms with van der Waals surface area (Å²) >= 11 is 0. The van der Waals surface area contributed by atoms with E-state index in [1.807, 2.05) is 12.1 Å². The number of furan rings is 1. The number of nitrogen functional groups attached to an aromatic ring is 1. The number of nitrogens with two attached hydrogens (primary N) is 2. The molecule has 0 aliphatic carbocycles. The van der Waals surface area contributed by atoms with Gasteiger partial charge in [-0.3, -0.25) is 16.0 Å². The molecule has 86 valence electrons. The molecule has 0 bridgehead atoms. The summed E-state index contributed by atoms with van der Waals surface area (Å²) in [5.41, 5.74) is 9.48. The van der Waals surface area contributed by atoms with Crippen LogP contribution in [0.5, 0.6) is 0 Å². The van der Waals surface area contributed by atoms with Gasteiger partial charge < -0.3 is 10.2 Å². The number of rotatable bonds is 4. The maximum atomic E-state index is 5.88. The third-order valence-electron chi connectivity index (χ3n) is 2.58. The zero-order valence-electron chi connectivity index (χ0n) is 9.05. The third-order valence-corrected chi connectivity index (χ3v) is 2.58. The molecule has 0 fully saturated rings. The quantitative estimate of drug-likeness (QED) is 0.511. The minimum absolute atomic E-state index is 0.0974. The van der Waals surface area contributed by atoms with Gasteiger partial charge in [-0.2, -0.15) is 5.10 Å². The van der Waals surface area contributed by atoms with E-state index in [0.29, 0.717) is 12.2 Å². The first-order chi connectivity index (χ1) is 7.72. The van der Waals surface area contributed by atoms with Crippen molar-refractivity contribution >= 4 is 5.82 Å². The molecule has 0 aliphatic heterocycles. The summed E-state index contributed by atoms with van der Waals surface area (Å²) in [5, 5.41) is 4.08. The van der Waals surface area contributed by atoms with Gasteiger partial charge in [0, 0.05) is 19.0 Å². The second kappa shape index (κ2) is 4.38. The predicted molar refractivity (Wildman–Crippen MR) is 60.1 cm³/mol. The van der Waals surface area contributed by atoms with E-state index in [1.54, 1.807) is 24.2 Å². The van der Waals surface area contributed by atoms with Crippen molar-refractivity contribution in [2.24, 2.45) is 12.9 Å². The second-order valence-electron chi connectivity index (χ2n) is 3.61. The second-order valence-corrected chi connectivity index (χ2v) is 3.61. The number of anilines is 1. The number of aromatic nitrogens is 2. The third kappa shape index (κ3) is 1.93. The standard InChI is InChI=1S/C10H15N5O/c1-15-10(11)8(6-13-15)9(14-12)5-7-3-2-4-16-7/h2-4,6,9,14H,5,11-12H2,1H3. The van der Waals surface area contributed by atoms with E-state index in [2.05, 4.69) is 10.5 Å². The normalized spacial score (nSPS) is 12.9. The summed E-state index contributed by atoms with van der Waals surface area (Å²) in [6, 6.07) is 3.65. The van der Waals surface area contributed by atoms with E-state index in [4.69, 9.17) is 16.0 Å². The highest BCUT2D eigenvalue weighted by atomic mass is 16.3. The molecule has 0 saturated heterocycles. The molecule has 2 aromatic heterocycles. The first kappa shape index (κ1) is 10.7. The van der Waals surface area contributed by atoms with Gasteiger partial charge in [-0.25, -0.2) is 0 Å². The Morgan fingerprint density at radius 1 is 1.62 bits per heavy atom. The van der Waals surface area contributed by atoms with Crippen LogP contribution in [0.1, 0.15) is 17.4 Å². The molecule has 0 saturated carbocycles. The number of hydrogen-bond acceptors (Lipinski definition) is 5. The van der Waals surface area contributed by atoms with E-state index in [0.717, 1.165) is 11.3 Å². The average Bonchev–Trinajstić information content (AvgIpc) is 2.88. The highest BCUT2D eigenvalue weighted by Gasteiger charge is 2.17. The molecule has 2 aromatic rings. The van der Waals surface area contributed by atoms with Crippen LogP contribution in [0.2, 0.25) is 0 Å². The fourth-order valence-electron chi connectivity index (χ4n) is 1.62. The van der Waals surface area contributed by atoms with Crippen molar-refractivity contribution in [2.75, 3.05) is 5.73 Å². The van der Waals surface area contributed by atoms with Gasteiger partial charge >= 0.3 is 0 Å². The molecule has 0 amide bonds. The maximum Gasteiger partial charge on any atom is 0.126 e. The van der Waals surface area contributed by atoms with Crippen LogP contribution in [-0.2, 0) is 13.5 Å². The fourth-order valence-corrected chi connectivity index (χ4v) is 1.62. The molecule has 1 atom stereocenters. The Labute approximate surface area is 93.2 Å². The van der Waals surface area contributed by atoms with Crippen LogP contribution >= 0.6 is 0 Å². The van der Waals surface area contributed by atoms with E-state index >= 15 is 0 Å². The van der Waals surface area contributed by atoms with Crippen molar-refractivity contribution in [2.45, 2.75) is 12.5 Å². The Kier molecular flexibility index (Phi) is 2.93. The Morgan fingerprint density at radius 2 is 2.44 bits per heavy atom. The minimum Gasteiger partial charge on any atom is -0.469 e. The molecule has 0 radical (unpaired) electrons. The molecule has 6 nitrogen and oxygen atoms in total. The molecule has 0 aromatic carbocycles. The number of hydrazine groups is 1.